The molecule has 0 N–H and O–H groups in total. The summed E-state index contributed by atoms with van der Waals surface area (Å²) >= 11 is 0. The number of para-hydroxylation sites is 10. The molecule has 6 heteroatoms. The summed E-state index contributed by atoms with van der Waals surface area (Å²) in [5.41, 5.74) is 16.9. The zero-order chi connectivity index (χ0) is 48.4. The summed E-state index contributed by atoms with van der Waals surface area (Å²) in [5.74, 6) is 3.16. The Morgan fingerprint density at radius 3 is 0.986 bits per heavy atom. The summed E-state index contributed by atoms with van der Waals surface area (Å²) in [4.78, 5) is 4.53. The quantitative estimate of drug-likeness (QED) is 0.159. The third kappa shape index (κ3) is 6.72. The van der Waals surface area contributed by atoms with E-state index in [1.54, 1.807) is 0 Å². The van der Waals surface area contributed by atoms with Gasteiger partial charge < -0.3 is 23.8 Å². The van der Waals surface area contributed by atoms with Crippen LogP contribution in [-0.4, -0.2) is 4.57 Å². The van der Waals surface area contributed by atoms with E-state index in [9.17, 15) is 5.26 Å². The number of nitriles is 1. The average Bonchev–Trinajstić information content (AvgIpc) is 3.80. The molecule has 0 unspecified atom stereocenters. The Balaban J connectivity index is 1.10. The Morgan fingerprint density at radius 2 is 0.616 bits per heavy atom. The van der Waals surface area contributed by atoms with Gasteiger partial charge in [0, 0.05) is 44.4 Å². The first-order chi connectivity index (χ1) is 36.2. The highest BCUT2D eigenvalue weighted by atomic mass is 16.5. The highest BCUT2D eigenvalue weighted by Crippen LogP contribution is 2.55. The molecule has 73 heavy (non-hydrogen) atoms. The van der Waals surface area contributed by atoms with Crippen molar-refractivity contribution in [3.05, 3.63) is 260 Å². The summed E-state index contributed by atoms with van der Waals surface area (Å²) in [6.07, 6.45) is 0. The lowest BCUT2D eigenvalue weighted by atomic mass is 9.79. The van der Waals surface area contributed by atoms with Crippen LogP contribution < -0.4 is 19.3 Å². The number of benzene rings is 11. The molecule has 0 amide bonds. The van der Waals surface area contributed by atoms with Gasteiger partial charge in [-0.05, 0) is 107 Å². The summed E-state index contributed by atoms with van der Waals surface area (Å²) in [6, 6.07) is 91.4. The first-order valence-corrected chi connectivity index (χ1v) is 24.5. The van der Waals surface area contributed by atoms with Crippen molar-refractivity contribution in [2.75, 3.05) is 9.80 Å². The van der Waals surface area contributed by atoms with Crippen LogP contribution in [0.2, 0.25) is 0 Å². The maximum Gasteiger partial charge on any atom is 0.151 e. The van der Waals surface area contributed by atoms with Crippen molar-refractivity contribution in [3.8, 4) is 79.3 Å². The Hall–Kier alpha value is -10.1. The average molecular weight is 935 g/mol. The molecule has 0 saturated carbocycles. The smallest absolute Gasteiger partial charge is 0.151 e. The molecule has 0 spiro atoms. The lowest BCUT2D eigenvalue weighted by Crippen LogP contribution is -2.15. The fourth-order valence-electron chi connectivity index (χ4n) is 11.1. The van der Waals surface area contributed by atoms with Crippen LogP contribution in [0.4, 0.5) is 34.1 Å². The second-order valence-electron chi connectivity index (χ2n) is 18.3. The van der Waals surface area contributed by atoms with Crippen molar-refractivity contribution in [2.45, 2.75) is 0 Å². The van der Waals surface area contributed by atoms with Crippen molar-refractivity contribution in [1.82, 2.24) is 4.57 Å². The summed E-state index contributed by atoms with van der Waals surface area (Å²) in [5, 5.41) is 14.2. The normalized spacial score (nSPS) is 12.3. The molecule has 1 aromatic heterocycles. The molecule has 11 aromatic carbocycles. The number of aromatic nitrogens is 1. The Kier molecular flexibility index (Phi) is 9.80. The topological polar surface area (TPSA) is 53.7 Å². The lowest BCUT2D eigenvalue weighted by Gasteiger charge is -2.33. The van der Waals surface area contributed by atoms with Gasteiger partial charge in [-0.25, -0.2) is 0 Å². The third-order valence-corrected chi connectivity index (χ3v) is 14.2. The first kappa shape index (κ1) is 41.8. The number of hydrogen-bond donors (Lipinski definition) is 0. The van der Waals surface area contributed by atoms with Crippen LogP contribution >= 0.6 is 0 Å². The molecule has 0 fully saturated rings. The van der Waals surface area contributed by atoms with Gasteiger partial charge in [0.1, 0.15) is 6.07 Å². The monoisotopic (exact) mass is 934 g/mol. The van der Waals surface area contributed by atoms with Gasteiger partial charge in [0.25, 0.3) is 0 Å². The summed E-state index contributed by atoms with van der Waals surface area (Å²) in [7, 11) is 0. The maximum atomic E-state index is 11.9. The van der Waals surface area contributed by atoms with E-state index in [-0.39, 0.29) is 0 Å². The van der Waals surface area contributed by atoms with Gasteiger partial charge in [-0.15, -0.1) is 0 Å². The number of fused-ring (bicyclic) bond motifs is 7. The molecule has 0 bridgehead atoms. The van der Waals surface area contributed by atoms with E-state index < -0.39 is 0 Å². The minimum absolute atomic E-state index is 0.590. The second kappa shape index (κ2) is 17.1. The predicted octanol–water partition coefficient (Wildman–Crippen LogP) is 18.5. The number of hydrogen-bond acceptors (Lipinski definition) is 5. The molecule has 0 aliphatic carbocycles. The van der Waals surface area contributed by atoms with Gasteiger partial charge in [-0.1, -0.05) is 170 Å². The van der Waals surface area contributed by atoms with Gasteiger partial charge in [-0.2, -0.15) is 5.26 Å². The van der Waals surface area contributed by atoms with Crippen molar-refractivity contribution in [1.29, 1.82) is 5.26 Å². The fraction of sp³-hybridized carbons (Fsp3) is 0. The molecule has 0 atom stereocenters. The highest BCUT2D eigenvalue weighted by Gasteiger charge is 2.32. The first-order valence-electron chi connectivity index (χ1n) is 24.5. The van der Waals surface area contributed by atoms with E-state index in [4.69, 9.17) is 9.47 Å². The third-order valence-electron chi connectivity index (χ3n) is 14.2. The van der Waals surface area contributed by atoms with Crippen LogP contribution in [0.5, 0.6) is 23.0 Å². The Labute approximate surface area is 422 Å². The molecule has 0 radical (unpaired) electrons. The number of anilines is 6. The van der Waals surface area contributed by atoms with Crippen LogP contribution in [0.25, 0.3) is 72.0 Å². The van der Waals surface area contributed by atoms with Gasteiger partial charge in [-0.3, -0.25) is 0 Å². The van der Waals surface area contributed by atoms with Gasteiger partial charge in [0.15, 0.2) is 23.0 Å². The standard InChI is InChI=1S/C67H42N4O2/c68-43-52-63(44-19-3-1-4-20-44)65(46-35-39-48(40-36-46)69-55-27-11-15-31-59(55)72-60-32-16-12-28-56(60)69)67(71-53-25-9-7-23-50(53)51-24-8-10-26-54(51)71)66(64(52)45-21-5-2-6-22-45)47-37-41-49(42-38-47)70-57-29-13-17-33-61(57)73-62-34-18-14-30-58(62)70/h1-42H. The van der Waals surface area contributed by atoms with E-state index in [2.05, 4.69) is 190 Å². The van der Waals surface area contributed by atoms with E-state index in [1.165, 1.54) is 0 Å². The number of ether oxygens (including phenoxy) is 2. The minimum Gasteiger partial charge on any atom is -0.453 e. The van der Waals surface area contributed by atoms with Crippen LogP contribution in [0.15, 0.2) is 255 Å². The molecule has 6 nitrogen and oxygen atoms in total. The lowest BCUT2D eigenvalue weighted by molar-refractivity contribution is 0.477. The molecule has 14 rings (SSSR count). The van der Waals surface area contributed by atoms with Crippen LogP contribution in [0.3, 0.4) is 0 Å². The molecule has 342 valence electrons. The molecular formula is C67H42N4O2. The molecule has 2 aliphatic rings. The van der Waals surface area contributed by atoms with Gasteiger partial charge in [0.2, 0.25) is 0 Å². The number of rotatable bonds is 7. The summed E-state index contributed by atoms with van der Waals surface area (Å²) in [6.45, 7) is 0. The van der Waals surface area contributed by atoms with Crippen LogP contribution in [-0.2, 0) is 0 Å². The predicted molar refractivity (Wildman–Crippen MR) is 297 cm³/mol. The van der Waals surface area contributed by atoms with Crippen molar-refractivity contribution >= 4 is 55.9 Å². The fourth-order valence-corrected chi connectivity index (χ4v) is 11.1. The largest absolute Gasteiger partial charge is 0.453 e. The molecule has 3 heterocycles. The highest BCUT2D eigenvalue weighted by molar-refractivity contribution is 6.14. The molecule has 2 aliphatic heterocycles. The Bertz CT molecular complexity index is 3810. The van der Waals surface area contributed by atoms with Crippen LogP contribution in [0.1, 0.15) is 5.56 Å². The van der Waals surface area contributed by atoms with E-state index in [0.29, 0.717) is 5.56 Å². The molecule has 0 saturated heterocycles. The summed E-state index contributed by atoms with van der Waals surface area (Å²) < 4.78 is 15.3. The molecule has 12 aromatic rings. The van der Waals surface area contributed by atoms with Crippen LogP contribution in [0, 0.1) is 11.3 Å². The zero-order valence-electron chi connectivity index (χ0n) is 39.4. The van der Waals surface area contributed by atoms with Crippen molar-refractivity contribution < 1.29 is 9.47 Å². The minimum atomic E-state index is 0.590. The molecular weight excluding hydrogens is 893 g/mol. The van der Waals surface area contributed by atoms with E-state index >= 15 is 0 Å². The SMILES string of the molecule is N#Cc1c(-c2ccccc2)c(-c2ccc(N3c4ccccc4Oc4ccccc43)cc2)c(-n2c3ccccc3c3ccccc32)c(-c2ccc(N3c4ccccc4Oc4ccccc43)cc2)c1-c1ccccc1. The van der Waals surface area contributed by atoms with Gasteiger partial charge in [0.05, 0.1) is 45.0 Å². The van der Waals surface area contributed by atoms with E-state index in [0.717, 1.165) is 129 Å². The van der Waals surface area contributed by atoms with Gasteiger partial charge >= 0.3 is 0 Å². The second-order valence-corrected chi connectivity index (χ2v) is 18.3. The van der Waals surface area contributed by atoms with Crippen molar-refractivity contribution in [2.24, 2.45) is 0 Å². The van der Waals surface area contributed by atoms with E-state index in [1.807, 2.05) is 84.9 Å². The Morgan fingerprint density at radius 1 is 0.301 bits per heavy atom. The number of nitrogens with zero attached hydrogens (tertiary/aromatic N) is 4. The van der Waals surface area contributed by atoms with Crippen molar-refractivity contribution in [3.63, 3.8) is 0 Å². The zero-order valence-corrected chi connectivity index (χ0v) is 39.4. The maximum absolute atomic E-state index is 11.9.